The van der Waals surface area contributed by atoms with Crippen LogP contribution in [-0.2, 0) is 14.6 Å². The molecule has 6 nitrogen and oxygen atoms in total. The highest BCUT2D eigenvalue weighted by Gasteiger charge is 2.29. The van der Waals surface area contributed by atoms with Crippen LogP contribution in [0.2, 0.25) is 0 Å². The largest absolute Gasteiger partial charge is 0.373 e. The van der Waals surface area contributed by atoms with Crippen molar-refractivity contribution in [2.45, 2.75) is 36.7 Å². The molecule has 0 spiro atoms. The van der Waals surface area contributed by atoms with E-state index in [1.54, 1.807) is 31.3 Å². The van der Waals surface area contributed by atoms with Gasteiger partial charge in [0.1, 0.15) is 0 Å². The van der Waals surface area contributed by atoms with Crippen molar-refractivity contribution < 1.29 is 13.2 Å². The standard InChI is InChI=1S/C17H27N3O3S/c1-17(10-6-12-23-17)14-20-16(18-2)19-11-7-13-24(21,22)15-8-4-3-5-9-15/h3-5,8-9H,6-7,10-14H2,1-2H3,(H2,18,19,20). The van der Waals surface area contributed by atoms with E-state index in [1.807, 2.05) is 6.07 Å². The zero-order valence-corrected chi connectivity index (χ0v) is 15.2. The van der Waals surface area contributed by atoms with Crippen LogP contribution in [0.25, 0.3) is 0 Å². The molecule has 7 heteroatoms. The van der Waals surface area contributed by atoms with Gasteiger partial charge >= 0.3 is 0 Å². The normalized spacial score (nSPS) is 21.7. The molecule has 134 valence electrons. The van der Waals surface area contributed by atoms with Gasteiger partial charge in [0.25, 0.3) is 0 Å². The summed E-state index contributed by atoms with van der Waals surface area (Å²) in [7, 11) is -1.52. The minimum atomic E-state index is -3.22. The van der Waals surface area contributed by atoms with Crippen LogP contribution >= 0.6 is 0 Å². The summed E-state index contributed by atoms with van der Waals surface area (Å²) in [5, 5.41) is 6.40. The number of nitrogens with one attached hydrogen (secondary N) is 2. The average molecular weight is 353 g/mol. The molecule has 24 heavy (non-hydrogen) atoms. The van der Waals surface area contributed by atoms with Crippen LogP contribution in [0.1, 0.15) is 26.2 Å². The van der Waals surface area contributed by atoms with Crippen molar-refractivity contribution >= 4 is 15.8 Å². The first kappa shape index (κ1) is 18.7. The lowest BCUT2D eigenvalue weighted by Gasteiger charge is -2.24. The molecule has 0 radical (unpaired) electrons. The van der Waals surface area contributed by atoms with Crippen LogP contribution in [0.15, 0.2) is 40.2 Å². The fourth-order valence-corrected chi connectivity index (χ4v) is 4.01. The molecule has 0 amide bonds. The average Bonchev–Trinajstić information content (AvgIpc) is 3.02. The first-order valence-corrected chi connectivity index (χ1v) is 9.97. The molecule has 1 aromatic rings. The maximum atomic E-state index is 12.2. The van der Waals surface area contributed by atoms with Crippen LogP contribution in [0.5, 0.6) is 0 Å². The predicted molar refractivity (Wildman–Crippen MR) is 96.1 cm³/mol. The molecule has 1 saturated heterocycles. The van der Waals surface area contributed by atoms with Crippen LogP contribution in [0.3, 0.4) is 0 Å². The van der Waals surface area contributed by atoms with Crippen molar-refractivity contribution in [2.24, 2.45) is 4.99 Å². The van der Waals surface area contributed by atoms with Crippen molar-refractivity contribution in [3.05, 3.63) is 30.3 Å². The SMILES string of the molecule is CN=C(NCCCS(=O)(=O)c1ccccc1)NCC1(C)CCCO1. The molecular formula is C17H27N3O3S. The van der Waals surface area contributed by atoms with E-state index in [0.717, 1.165) is 19.4 Å². The number of hydrogen-bond acceptors (Lipinski definition) is 4. The van der Waals surface area contributed by atoms with Crippen LogP contribution in [0, 0.1) is 0 Å². The van der Waals surface area contributed by atoms with E-state index in [0.29, 0.717) is 30.4 Å². The van der Waals surface area contributed by atoms with Crippen molar-refractivity contribution in [1.82, 2.24) is 10.6 Å². The van der Waals surface area contributed by atoms with Gasteiger partial charge in [0, 0.05) is 26.7 Å². The summed E-state index contributed by atoms with van der Waals surface area (Å²) in [4.78, 5) is 4.54. The fraction of sp³-hybridized carbons (Fsp3) is 0.588. The van der Waals surface area contributed by atoms with Gasteiger partial charge in [0.15, 0.2) is 15.8 Å². The molecule has 1 unspecified atom stereocenters. The summed E-state index contributed by atoms with van der Waals surface area (Å²) in [5.41, 5.74) is -0.145. The summed E-state index contributed by atoms with van der Waals surface area (Å²) in [6.45, 7) is 4.13. The number of hydrogen-bond donors (Lipinski definition) is 2. The minimum absolute atomic E-state index is 0.113. The van der Waals surface area contributed by atoms with Crippen molar-refractivity contribution in [3.63, 3.8) is 0 Å². The third-order valence-electron chi connectivity index (χ3n) is 4.14. The third-order valence-corrected chi connectivity index (χ3v) is 5.96. The zero-order valence-electron chi connectivity index (χ0n) is 14.4. The molecule has 1 aromatic carbocycles. The summed E-state index contributed by atoms with van der Waals surface area (Å²) >= 11 is 0. The molecule has 1 fully saturated rings. The number of guanidine groups is 1. The van der Waals surface area contributed by atoms with Gasteiger partial charge in [-0.2, -0.15) is 0 Å². The monoisotopic (exact) mass is 353 g/mol. The molecule has 0 bridgehead atoms. The molecule has 0 saturated carbocycles. The predicted octanol–water partition coefficient (Wildman–Crippen LogP) is 1.58. The molecular weight excluding hydrogens is 326 g/mol. The molecule has 0 aromatic heterocycles. The Morgan fingerprint density at radius 1 is 1.29 bits per heavy atom. The number of sulfone groups is 1. The van der Waals surface area contributed by atoms with E-state index in [-0.39, 0.29) is 11.4 Å². The van der Waals surface area contributed by atoms with Crippen LogP contribution in [-0.4, -0.2) is 52.5 Å². The van der Waals surface area contributed by atoms with Gasteiger partial charge in [-0.25, -0.2) is 8.42 Å². The lowest BCUT2D eigenvalue weighted by molar-refractivity contribution is 0.0243. The van der Waals surface area contributed by atoms with Crippen molar-refractivity contribution in [2.75, 3.05) is 32.5 Å². The van der Waals surface area contributed by atoms with Gasteiger partial charge in [-0.15, -0.1) is 0 Å². The van der Waals surface area contributed by atoms with Crippen molar-refractivity contribution in [1.29, 1.82) is 0 Å². The second-order valence-electron chi connectivity index (χ2n) is 6.24. The van der Waals surface area contributed by atoms with Gasteiger partial charge < -0.3 is 15.4 Å². The third kappa shape index (κ3) is 5.49. The molecule has 1 aliphatic heterocycles. The quantitative estimate of drug-likeness (QED) is 0.442. The Kier molecular flexibility index (Phi) is 6.62. The second kappa shape index (κ2) is 8.48. The lowest BCUT2D eigenvalue weighted by atomic mass is 10.0. The number of rotatable bonds is 7. The molecule has 1 aliphatic rings. The lowest BCUT2D eigenvalue weighted by Crippen LogP contribution is -2.45. The van der Waals surface area contributed by atoms with Crippen molar-refractivity contribution in [3.8, 4) is 0 Å². The van der Waals surface area contributed by atoms with E-state index in [1.165, 1.54) is 0 Å². The zero-order chi connectivity index (χ0) is 17.5. The highest BCUT2D eigenvalue weighted by Crippen LogP contribution is 2.23. The minimum Gasteiger partial charge on any atom is -0.373 e. The summed E-state index contributed by atoms with van der Waals surface area (Å²) in [6.07, 6.45) is 2.64. The van der Waals surface area contributed by atoms with E-state index < -0.39 is 9.84 Å². The van der Waals surface area contributed by atoms with E-state index in [2.05, 4.69) is 22.5 Å². The second-order valence-corrected chi connectivity index (χ2v) is 8.35. The number of benzene rings is 1. The Hall–Kier alpha value is -1.60. The van der Waals surface area contributed by atoms with Gasteiger partial charge in [-0.05, 0) is 38.3 Å². The Labute approximate surface area is 144 Å². The molecule has 2 rings (SSSR count). The highest BCUT2D eigenvalue weighted by molar-refractivity contribution is 7.91. The van der Waals surface area contributed by atoms with Crippen LogP contribution in [0.4, 0.5) is 0 Å². The maximum Gasteiger partial charge on any atom is 0.191 e. The first-order chi connectivity index (χ1) is 11.5. The molecule has 1 heterocycles. The smallest absolute Gasteiger partial charge is 0.191 e. The number of nitrogens with zero attached hydrogens (tertiary/aromatic N) is 1. The van der Waals surface area contributed by atoms with Gasteiger partial charge in [-0.3, -0.25) is 4.99 Å². The first-order valence-electron chi connectivity index (χ1n) is 8.31. The van der Waals surface area contributed by atoms with E-state index >= 15 is 0 Å². The molecule has 1 atom stereocenters. The topological polar surface area (TPSA) is 79.8 Å². The molecule has 0 aliphatic carbocycles. The summed E-state index contributed by atoms with van der Waals surface area (Å²) in [6, 6.07) is 8.55. The van der Waals surface area contributed by atoms with Gasteiger partial charge in [0.05, 0.1) is 16.2 Å². The fourth-order valence-electron chi connectivity index (χ4n) is 2.68. The van der Waals surface area contributed by atoms with E-state index in [9.17, 15) is 8.42 Å². The highest BCUT2D eigenvalue weighted by atomic mass is 32.2. The number of ether oxygens (including phenoxy) is 1. The van der Waals surface area contributed by atoms with Gasteiger partial charge in [0.2, 0.25) is 0 Å². The van der Waals surface area contributed by atoms with Crippen LogP contribution < -0.4 is 10.6 Å². The molecule has 2 N–H and O–H groups in total. The Morgan fingerprint density at radius 2 is 2.04 bits per heavy atom. The Bertz CT molecular complexity index is 638. The maximum absolute atomic E-state index is 12.2. The summed E-state index contributed by atoms with van der Waals surface area (Å²) < 4.78 is 30.1. The summed E-state index contributed by atoms with van der Waals surface area (Å²) in [5.74, 6) is 0.783. The Morgan fingerprint density at radius 3 is 2.67 bits per heavy atom. The van der Waals surface area contributed by atoms with Gasteiger partial charge in [-0.1, -0.05) is 18.2 Å². The Balaban J connectivity index is 1.72. The van der Waals surface area contributed by atoms with E-state index in [4.69, 9.17) is 4.74 Å². The number of aliphatic imine (C=N–C) groups is 1.